The van der Waals surface area contributed by atoms with E-state index in [0.717, 1.165) is 34.3 Å². The van der Waals surface area contributed by atoms with Gasteiger partial charge in [-0.1, -0.05) is 43.8 Å². The molecule has 0 amide bonds. The summed E-state index contributed by atoms with van der Waals surface area (Å²) in [5.74, 6) is 1.63. The Morgan fingerprint density at radius 2 is 1.97 bits per heavy atom. The lowest BCUT2D eigenvalue weighted by atomic mass is 10.0. The lowest BCUT2D eigenvalue weighted by molar-refractivity contribution is 0.331. The Bertz CT molecular complexity index is 1130. The predicted molar refractivity (Wildman–Crippen MR) is 121 cm³/mol. The summed E-state index contributed by atoms with van der Waals surface area (Å²) in [7, 11) is -3.80. The van der Waals surface area contributed by atoms with Gasteiger partial charge in [0.15, 0.2) is 5.16 Å². The average molecular weight is 444 g/mol. The second kappa shape index (κ2) is 8.35. The number of benzene rings is 2. The van der Waals surface area contributed by atoms with E-state index in [1.54, 1.807) is 36.0 Å². The van der Waals surface area contributed by atoms with Gasteiger partial charge < -0.3 is 9.30 Å². The molecule has 0 saturated heterocycles. The standard InChI is InChI=1S/C22H25N3O3S2/c1-4-28-20-10-7-17(15(2)3)13-21(20)30(26,27)24-18-8-5-16(6-9-18)19-14-25-11-12-29-22(25)23-19/h5-10,13-15,24H,4,11-12H2,1-3H3. The van der Waals surface area contributed by atoms with E-state index in [0.29, 0.717) is 18.0 Å². The van der Waals surface area contributed by atoms with Gasteiger partial charge in [0.05, 0.1) is 12.3 Å². The number of fused-ring (bicyclic) bond motifs is 1. The van der Waals surface area contributed by atoms with E-state index in [2.05, 4.69) is 14.3 Å². The van der Waals surface area contributed by atoms with Crippen molar-refractivity contribution in [1.29, 1.82) is 0 Å². The van der Waals surface area contributed by atoms with Crippen molar-refractivity contribution in [3.8, 4) is 17.0 Å². The van der Waals surface area contributed by atoms with E-state index in [1.165, 1.54) is 0 Å². The molecule has 0 spiro atoms. The fraction of sp³-hybridized carbons (Fsp3) is 0.318. The molecule has 1 N–H and O–H groups in total. The van der Waals surface area contributed by atoms with Crippen molar-refractivity contribution in [3.63, 3.8) is 0 Å². The van der Waals surface area contributed by atoms with Gasteiger partial charge in [0, 0.05) is 29.7 Å². The van der Waals surface area contributed by atoms with Gasteiger partial charge >= 0.3 is 0 Å². The van der Waals surface area contributed by atoms with Crippen molar-refractivity contribution in [2.24, 2.45) is 0 Å². The summed E-state index contributed by atoms with van der Waals surface area (Å²) in [4.78, 5) is 4.80. The van der Waals surface area contributed by atoms with Crippen molar-refractivity contribution >= 4 is 27.5 Å². The molecule has 4 rings (SSSR count). The van der Waals surface area contributed by atoms with Crippen LogP contribution in [0.4, 0.5) is 5.69 Å². The normalized spacial score (nSPS) is 13.5. The molecule has 1 aliphatic rings. The SMILES string of the molecule is CCOc1ccc(C(C)C)cc1S(=O)(=O)Nc1ccc(-c2cn3c(n2)SCC3)cc1. The Hall–Kier alpha value is -2.45. The summed E-state index contributed by atoms with van der Waals surface area (Å²) in [5.41, 5.74) is 3.30. The van der Waals surface area contributed by atoms with Crippen molar-refractivity contribution < 1.29 is 13.2 Å². The van der Waals surface area contributed by atoms with Gasteiger partial charge in [0.1, 0.15) is 10.6 Å². The highest BCUT2D eigenvalue weighted by molar-refractivity contribution is 7.99. The fourth-order valence-electron chi connectivity index (χ4n) is 3.34. The van der Waals surface area contributed by atoms with Crippen LogP contribution >= 0.6 is 11.8 Å². The number of aryl methyl sites for hydroxylation is 1. The summed E-state index contributed by atoms with van der Waals surface area (Å²) in [6.07, 6.45) is 2.04. The molecule has 0 aliphatic carbocycles. The van der Waals surface area contributed by atoms with E-state index in [-0.39, 0.29) is 10.8 Å². The van der Waals surface area contributed by atoms with Crippen LogP contribution in [-0.2, 0) is 16.6 Å². The third-order valence-electron chi connectivity index (χ3n) is 4.96. The first kappa shape index (κ1) is 20.8. The number of thioether (sulfide) groups is 1. The zero-order valence-electron chi connectivity index (χ0n) is 17.3. The van der Waals surface area contributed by atoms with Crippen LogP contribution in [-0.4, -0.2) is 30.3 Å². The highest BCUT2D eigenvalue weighted by Crippen LogP contribution is 2.32. The zero-order chi connectivity index (χ0) is 21.3. The Balaban J connectivity index is 1.59. The zero-order valence-corrected chi connectivity index (χ0v) is 18.9. The van der Waals surface area contributed by atoms with Gasteiger partial charge in [-0.2, -0.15) is 0 Å². The molecular formula is C22H25N3O3S2. The van der Waals surface area contributed by atoms with Gasteiger partial charge in [-0.15, -0.1) is 0 Å². The minimum atomic E-state index is -3.80. The quantitative estimate of drug-likeness (QED) is 0.558. The summed E-state index contributed by atoms with van der Waals surface area (Å²) >= 11 is 1.75. The van der Waals surface area contributed by atoms with E-state index >= 15 is 0 Å². The fourth-order valence-corrected chi connectivity index (χ4v) is 5.52. The maximum atomic E-state index is 13.1. The third-order valence-corrected chi connectivity index (χ3v) is 7.33. The molecule has 0 fully saturated rings. The molecule has 0 unspecified atom stereocenters. The summed E-state index contributed by atoms with van der Waals surface area (Å²) < 4.78 is 36.6. The Morgan fingerprint density at radius 1 is 1.20 bits per heavy atom. The van der Waals surface area contributed by atoms with Gasteiger partial charge in [-0.25, -0.2) is 13.4 Å². The van der Waals surface area contributed by atoms with Crippen molar-refractivity contribution in [1.82, 2.24) is 9.55 Å². The second-order valence-electron chi connectivity index (χ2n) is 7.43. The highest BCUT2D eigenvalue weighted by atomic mass is 32.2. The number of ether oxygens (including phenoxy) is 1. The van der Waals surface area contributed by atoms with Gasteiger partial charge in [-0.05, 0) is 42.7 Å². The third kappa shape index (κ3) is 4.20. The summed E-state index contributed by atoms with van der Waals surface area (Å²) in [5, 5.41) is 1.03. The van der Waals surface area contributed by atoms with Crippen LogP contribution in [0.2, 0.25) is 0 Å². The van der Waals surface area contributed by atoms with E-state index in [9.17, 15) is 8.42 Å². The highest BCUT2D eigenvalue weighted by Gasteiger charge is 2.22. The first-order chi connectivity index (χ1) is 14.4. The Kier molecular flexibility index (Phi) is 5.79. The number of aromatic nitrogens is 2. The van der Waals surface area contributed by atoms with E-state index < -0.39 is 10.0 Å². The Morgan fingerprint density at radius 3 is 2.63 bits per heavy atom. The van der Waals surface area contributed by atoms with Crippen LogP contribution in [0.1, 0.15) is 32.3 Å². The molecule has 1 aromatic heterocycles. The smallest absolute Gasteiger partial charge is 0.265 e. The lowest BCUT2D eigenvalue weighted by Gasteiger charge is -2.15. The molecule has 0 atom stereocenters. The number of imidazole rings is 1. The molecule has 2 aromatic carbocycles. The molecule has 0 bridgehead atoms. The van der Waals surface area contributed by atoms with Crippen LogP contribution in [0.3, 0.4) is 0 Å². The van der Waals surface area contributed by atoms with E-state index in [4.69, 9.17) is 4.74 Å². The van der Waals surface area contributed by atoms with Crippen LogP contribution in [0, 0.1) is 0 Å². The predicted octanol–water partition coefficient (Wildman–Crippen LogP) is 4.98. The largest absolute Gasteiger partial charge is 0.492 e. The molecule has 30 heavy (non-hydrogen) atoms. The molecule has 3 aromatic rings. The first-order valence-corrected chi connectivity index (χ1v) is 12.4. The van der Waals surface area contributed by atoms with Crippen LogP contribution in [0.5, 0.6) is 5.75 Å². The van der Waals surface area contributed by atoms with Crippen molar-refractivity contribution in [2.75, 3.05) is 17.1 Å². The second-order valence-corrected chi connectivity index (χ2v) is 10.1. The van der Waals surface area contributed by atoms with Gasteiger partial charge in [0.25, 0.3) is 10.0 Å². The Labute approximate surface area is 181 Å². The van der Waals surface area contributed by atoms with Crippen LogP contribution in [0.15, 0.2) is 58.7 Å². The topological polar surface area (TPSA) is 73.2 Å². The number of sulfonamides is 1. The number of hydrogen-bond donors (Lipinski definition) is 1. The summed E-state index contributed by atoms with van der Waals surface area (Å²) in [6, 6.07) is 12.6. The first-order valence-electron chi connectivity index (χ1n) is 9.97. The minimum Gasteiger partial charge on any atom is -0.492 e. The monoisotopic (exact) mass is 443 g/mol. The number of nitrogens with zero attached hydrogens (tertiary/aromatic N) is 2. The maximum absolute atomic E-state index is 13.1. The van der Waals surface area contributed by atoms with Crippen molar-refractivity contribution in [3.05, 3.63) is 54.2 Å². The number of anilines is 1. The molecule has 0 radical (unpaired) electrons. The molecule has 0 saturated carbocycles. The molecule has 6 nitrogen and oxygen atoms in total. The molecule has 2 heterocycles. The van der Waals surface area contributed by atoms with Gasteiger partial charge in [-0.3, -0.25) is 4.72 Å². The number of hydrogen-bond acceptors (Lipinski definition) is 5. The van der Waals surface area contributed by atoms with Crippen molar-refractivity contribution in [2.45, 2.75) is 43.3 Å². The van der Waals surface area contributed by atoms with Crippen LogP contribution in [0.25, 0.3) is 11.3 Å². The summed E-state index contributed by atoms with van der Waals surface area (Å²) in [6.45, 7) is 7.27. The molecule has 1 aliphatic heterocycles. The minimum absolute atomic E-state index is 0.155. The number of rotatable bonds is 7. The lowest BCUT2D eigenvalue weighted by Crippen LogP contribution is -2.15. The molecule has 8 heteroatoms. The molecule has 158 valence electrons. The molecular weight excluding hydrogens is 418 g/mol. The van der Waals surface area contributed by atoms with Gasteiger partial charge in [0.2, 0.25) is 0 Å². The maximum Gasteiger partial charge on any atom is 0.265 e. The van der Waals surface area contributed by atoms with Crippen LogP contribution < -0.4 is 9.46 Å². The average Bonchev–Trinajstić information content (AvgIpc) is 3.31. The number of nitrogens with one attached hydrogen (secondary N) is 1. The van der Waals surface area contributed by atoms with E-state index in [1.807, 2.05) is 45.2 Å².